The summed E-state index contributed by atoms with van der Waals surface area (Å²) in [6.07, 6.45) is -0.0621. The van der Waals surface area contributed by atoms with Gasteiger partial charge in [-0.3, -0.25) is 0 Å². The van der Waals surface area contributed by atoms with Gasteiger partial charge in [-0.25, -0.2) is 8.42 Å². The summed E-state index contributed by atoms with van der Waals surface area (Å²) >= 11 is 0. The third-order valence-electron chi connectivity index (χ3n) is 2.41. The molecule has 0 aromatic rings. The zero-order valence-electron chi connectivity index (χ0n) is 7.47. The van der Waals surface area contributed by atoms with Crippen LogP contribution in [0.1, 0.15) is 25.7 Å². The Kier molecular flexibility index (Phi) is 3.89. The Hall–Kier alpha value is -0.160. The van der Waals surface area contributed by atoms with Gasteiger partial charge >= 0.3 is 0 Å². The van der Waals surface area contributed by atoms with Gasteiger partial charge in [0, 0.05) is 10.7 Å². The van der Waals surface area contributed by atoms with Crippen LogP contribution in [0.4, 0.5) is 8.78 Å². The van der Waals surface area contributed by atoms with Crippen LogP contribution in [0.5, 0.6) is 0 Å². The molecule has 0 amide bonds. The first-order chi connectivity index (χ1) is 6.38. The van der Waals surface area contributed by atoms with Gasteiger partial charge in [-0.1, -0.05) is 0 Å². The zero-order valence-corrected chi connectivity index (χ0v) is 9.04. The molecule has 0 aromatic carbocycles. The second kappa shape index (κ2) is 4.57. The Bertz CT molecular complexity index is 323. The highest BCUT2D eigenvalue weighted by Crippen LogP contribution is 2.32. The summed E-state index contributed by atoms with van der Waals surface area (Å²) in [5, 5.41) is 0. The largest absolute Gasteiger partial charge is 0.269 e. The molecule has 0 atom stereocenters. The van der Waals surface area contributed by atoms with Crippen molar-refractivity contribution in [2.45, 2.75) is 25.7 Å². The summed E-state index contributed by atoms with van der Waals surface area (Å²) in [5.41, 5.74) is 0.160. The van der Waals surface area contributed by atoms with Crippen LogP contribution in [0.25, 0.3) is 0 Å². The minimum atomic E-state index is -3.49. The second-order valence-electron chi connectivity index (χ2n) is 3.51. The first-order valence-corrected chi connectivity index (χ1v) is 6.81. The van der Waals surface area contributed by atoms with Crippen LogP contribution in [0.15, 0.2) is 11.7 Å². The molecule has 2 nitrogen and oxygen atoms in total. The maximum atomic E-state index is 12.1. The fourth-order valence-electron chi connectivity index (χ4n) is 1.66. The Morgan fingerprint density at radius 1 is 1.36 bits per heavy atom. The molecule has 0 unspecified atom stereocenters. The van der Waals surface area contributed by atoms with Gasteiger partial charge in [0.1, 0.15) is 0 Å². The van der Waals surface area contributed by atoms with E-state index in [0.29, 0.717) is 25.7 Å². The lowest BCUT2D eigenvalue weighted by Gasteiger charge is -2.21. The monoisotopic (exact) mass is 244 g/mol. The molecule has 1 fully saturated rings. The van der Waals surface area contributed by atoms with Crippen LogP contribution >= 0.6 is 10.7 Å². The number of rotatable bonds is 2. The van der Waals surface area contributed by atoms with Crippen LogP contribution in [-0.4, -0.2) is 14.2 Å². The molecule has 0 aliphatic heterocycles. The van der Waals surface area contributed by atoms with E-state index in [1.54, 1.807) is 0 Å². The molecule has 0 heterocycles. The normalized spacial score (nSPS) is 23.6. The van der Waals surface area contributed by atoms with Gasteiger partial charge in [0.15, 0.2) is 0 Å². The van der Waals surface area contributed by atoms with Crippen LogP contribution < -0.4 is 0 Å². The van der Waals surface area contributed by atoms with Crippen molar-refractivity contribution in [3.63, 3.8) is 0 Å². The van der Waals surface area contributed by atoms with E-state index in [1.165, 1.54) is 0 Å². The molecule has 6 heteroatoms. The van der Waals surface area contributed by atoms with Crippen LogP contribution in [0.3, 0.4) is 0 Å². The van der Waals surface area contributed by atoms with Crippen molar-refractivity contribution in [3.05, 3.63) is 11.7 Å². The fourth-order valence-corrected chi connectivity index (χ4v) is 3.09. The van der Waals surface area contributed by atoms with Crippen molar-refractivity contribution >= 4 is 19.7 Å². The topological polar surface area (TPSA) is 34.1 Å². The molecule has 0 saturated heterocycles. The van der Waals surface area contributed by atoms with Gasteiger partial charge in [-0.2, -0.15) is 8.78 Å². The van der Waals surface area contributed by atoms with E-state index in [-0.39, 0.29) is 17.2 Å². The van der Waals surface area contributed by atoms with Crippen LogP contribution in [0.2, 0.25) is 0 Å². The number of allylic oxidation sites excluding steroid dienone is 1. The Balaban J connectivity index is 2.48. The van der Waals surface area contributed by atoms with Crippen molar-refractivity contribution in [2.24, 2.45) is 5.92 Å². The minimum Gasteiger partial charge on any atom is -0.212 e. The Morgan fingerprint density at radius 2 is 1.86 bits per heavy atom. The predicted molar refractivity (Wildman–Crippen MR) is 50.8 cm³/mol. The SMILES string of the molecule is O=S(=O)(Cl)CC1CCC(=C(F)F)CC1. The predicted octanol–water partition coefficient (Wildman–Crippen LogP) is 2.90. The molecule has 1 aliphatic rings. The van der Waals surface area contributed by atoms with Gasteiger partial charge in [0.05, 0.1) is 5.75 Å². The van der Waals surface area contributed by atoms with Crippen molar-refractivity contribution < 1.29 is 17.2 Å². The quantitative estimate of drug-likeness (QED) is 0.700. The zero-order chi connectivity index (χ0) is 10.8. The summed E-state index contributed by atoms with van der Waals surface area (Å²) < 4.78 is 45.7. The van der Waals surface area contributed by atoms with Gasteiger partial charge < -0.3 is 0 Å². The van der Waals surface area contributed by atoms with Crippen LogP contribution in [-0.2, 0) is 9.05 Å². The minimum absolute atomic E-state index is 0.0689. The number of hydrogen-bond donors (Lipinski definition) is 0. The van der Waals surface area contributed by atoms with Crippen LogP contribution in [0, 0.1) is 5.92 Å². The van der Waals surface area contributed by atoms with E-state index in [2.05, 4.69) is 0 Å². The Labute approximate surface area is 86.4 Å². The molecule has 82 valence electrons. The molecule has 1 rings (SSSR count). The highest BCUT2D eigenvalue weighted by atomic mass is 35.7. The highest BCUT2D eigenvalue weighted by Gasteiger charge is 2.23. The first kappa shape index (κ1) is 11.9. The first-order valence-electron chi connectivity index (χ1n) is 4.34. The van der Waals surface area contributed by atoms with Crippen molar-refractivity contribution in [2.75, 3.05) is 5.75 Å². The van der Waals surface area contributed by atoms with E-state index in [1.807, 2.05) is 0 Å². The lowest BCUT2D eigenvalue weighted by Crippen LogP contribution is -2.16. The van der Waals surface area contributed by atoms with Crippen molar-refractivity contribution in [3.8, 4) is 0 Å². The molecule has 0 radical (unpaired) electrons. The molecule has 0 bridgehead atoms. The highest BCUT2D eigenvalue weighted by molar-refractivity contribution is 8.13. The molecule has 14 heavy (non-hydrogen) atoms. The smallest absolute Gasteiger partial charge is 0.212 e. The standard InChI is InChI=1S/C8H11ClF2O2S/c9-14(12,13)5-6-1-3-7(4-2-6)8(10)11/h6H,1-5H2. The summed E-state index contributed by atoms with van der Waals surface area (Å²) in [6, 6.07) is 0. The average molecular weight is 245 g/mol. The Morgan fingerprint density at radius 3 is 2.21 bits per heavy atom. The van der Waals surface area contributed by atoms with E-state index < -0.39 is 15.1 Å². The summed E-state index contributed by atoms with van der Waals surface area (Å²) in [5.74, 6) is -0.170. The van der Waals surface area contributed by atoms with E-state index in [4.69, 9.17) is 10.7 Å². The summed E-state index contributed by atoms with van der Waals surface area (Å²) in [6.45, 7) is 0. The number of halogens is 3. The maximum absolute atomic E-state index is 12.1. The lowest BCUT2D eigenvalue weighted by atomic mass is 9.87. The van der Waals surface area contributed by atoms with Gasteiger partial charge in [0.25, 0.3) is 6.08 Å². The summed E-state index contributed by atoms with van der Waals surface area (Å²) in [7, 11) is 1.58. The fraction of sp³-hybridized carbons (Fsp3) is 0.750. The lowest BCUT2D eigenvalue weighted by molar-refractivity contribution is 0.371. The van der Waals surface area contributed by atoms with Crippen molar-refractivity contribution in [1.82, 2.24) is 0 Å². The molecule has 0 spiro atoms. The van der Waals surface area contributed by atoms with E-state index in [9.17, 15) is 17.2 Å². The molecular weight excluding hydrogens is 234 g/mol. The molecule has 1 saturated carbocycles. The van der Waals surface area contributed by atoms with Gasteiger partial charge in [-0.05, 0) is 37.2 Å². The molecular formula is C8H11ClF2O2S. The summed E-state index contributed by atoms with van der Waals surface area (Å²) in [4.78, 5) is 0. The third kappa shape index (κ3) is 3.92. The molecule has 1 aliphatic carbocycles. The maximum Gasteiger partial charge on any atom is 0.269 e. The van der Waals surface area contributed by atoms with E-state index >= 15 is 0 Å². The van der Waals surface area contributed by atoms with E-state index in [0.717, 1.165) is 0 Å². The molecule has 0 aromatic heterocycles. The number of hydrogen-bond acceptors (Lipinski definition) is 2. The second-order valence-corrected chi connectivity index (χ2v) is 6.33. The molecule has 0 N–H and O–H groups in total. The van der Waals surface area contributed by atoms with Gasteiger partial charge in [0.2, 0.25) is 9.05 Å². The average Bonchev–Trinajstić information content (AvgIpc) is 2.02. The third-order valence-corrected chi connectivity index (χ3v) is 3.66. The van der Waals surface area contributed by atoms with Crippen molar-refractivity contribution in [1.29, 1.82) is 0 Å². The van der Waals surface area contributed by atoms with Gasteiger partial charge in [-0.15, -0.1) is 0 Å².